The van der Waals surface area contributed by atoms with Crippen LogP contribution >= 0.6 is 0 Å². The van der Waals surface area contributed by atoms with Crippen LogP contribution in [0, 0.1) is 19.3 Å². The Morgan fingerprint density at radius 2 is 1.80 bits per heavy atom. The molecule has 2 rings (SSSR count). The van der Waals surface area contributed by atoms with E-state index in [9.17, 15) is 4.79 Å². The van der Waals surface area contributed by atoms with Gasteiger partial charge in [0, 0.05) is 12.0 Å². The molecule has 0 aliphatic heterocycles. The summed E-state index contributed by atoms with van der Waals surface area (Å²) in [6, 6.07) is 4.22. The number of aryl methyl sites for hydroxylation is 2. The highest BCUT2D eigenvalue weighted by Gasteiger charge is 2.31. The number of Topliss-reactive ketones (excluding diaryl/α,β-unsaturated/α-hetero) is 1. The van der Waals surface area contributed by atoms with Crippen molar-refractivity contribution in [1.82, 2.24) is 0 Å². The van der Waals surface area contributed by atoms with Gasteiger partial charge in [-0.3, -0.25) is 4.79 Å². The van der Waals surface area contributed by atoms with Crippen molar-refractivity contribution in [3.8, 4) is 0 Å². The molecule has 0 unspecified atom stereocenters. The van der Waals surface area contributed by atoms with Crippen LogP contribution in [0.2, 0.25) is 0 Å². The van der Waals surface area contributed by atoms with Gasteiger partial charge in [0.1, 0.15) is 0 Å². The summed E-state index contributed by atoms with van der Waals surface area (Å²) >= 11 is 0. The van der Waals surface area contributed by atoms with Crippen molar-refractivity contribution in [2.45, 2.75) is 40.5 Å². The smallest absolute Gasteiger partial charge is 0.163 e. The van der Waals surface area contributed by atoms with Crippen molar-refractivity contribution in [2.24, 2.45) is 5.41 Å². The Labute approximate surface area is 91.5 Å². The van der Waals surface area contributed by atoms with Gasteiger partial charge in [0.15, 0.2) is 5.78 Å². The van der Waals surface area contributed by atoms with Crippen LogP contribution in [0.3, 0.4) is 0 Å². The minimum atomic E-state index is 0.129. The van der Waals surface area contributed by atoms with E-state index >= 15 is 0 Å². The highest BCUT2D eigenvalue weighted by Crippen LogP contribution is 2.36. The van der Waals surface area contributed by atoms with Crippen molar-refractivity contribution in [1.29, 1.82) is 0 Å². The molecule has 80 valence electrons. The molecule has 1 aromatic carbocycles. The topological polar surface area (TPSA) is 17.1 Å². The molecule has 0 spiro atoms. The first-order valence-electron chi connectivity index (χ1n) is 5.52. The second-order valence-electron chi connectivity index (χ2n) is 5.55. The highest BCUT2D eigenvalue weighted by atomic mass is 16.1. The Morgan fingerprint density at radius 1 is 1.13 bits per heavy atom. The molecule has 0 aromatic heterocycles. The van der Waals surface area contributed by atoms with Gasteiger partial charge in [-0.1, -0.05) is 25.5 Å². The molecule has 0 saturated heterocycles. The van der Waals surface area contributed by atoms with Gasteiger partial charge in [0.2, 0.25) is 0 Å². The normalized spacial score (nSPS) is 18.8. The maximum absolute atomic E-state index is 12.0. The van der Waals surface area contributed by atoms with Crippen LogP contribution in [0.25, 0.3) is 0 Å². The summed E-state index contributed by atoms with van der Waals surface area (Å²) in [5.74, 6) is 0.313. The summed E-state index contributed by atoms with van der Waals surface area (Å²) in [6.45, 7) is 8.51. The lowest BCUT2D eigenvalue weighted by molar-refractivity contribution is 0.0912. The molecule has 0 radical (unpaired) electrons. The molecule has 1 aliphatic carbocycles. The number of hydrogen-bond donors (Lipinski definition) is 0. The molecule has 1 aliphatic rings. The minimum Gasteiger partial charge on any atom is -0.294 e. The van der Waals surface area contributed by atoms with Crippen molar-refractivity contribution in [3.63, 3.8) is 0 Å². The van der Waals surface area contributed by atoms with Crippen LogP contribution < -0.4 is 0 Å². The summed E-state index contributed by atoms with van der Waals surface area (Å²) in [6.07, 6.45) is 1.71. The van der Waals surface area contributed by atoms with Gasteiger partial charge in [-0.15, -0.1) is 0 Å². The summed E-state index contributed by atoms with van der Waals surface area (Å²) in [4.78, 5) is 12.0. The van der Waals surface area contributed by atoms with E-state index in [2.05, 4.69) is 33.8 Å². The molecule has 1 aromatic rings. The van der Waals surface area contributed by atoms with Crippen molar-refractivity contribution < 1.29 is 4.79 Å². The van der Waals surface area contributed by atoms with Crippen LogP contribution in [0.5, 0.6) is 0 Å². The lowest BCUT2D eigenvalue weighted by atomic mass is 9.72. The third-order valence-electron chi connectivity index (χ3n) is 3.21. The van der Waals surface area contributed by atoms with Crippen LogP contribution in [-0.4, -0.2) is 5.78 Å². The minimum absolute atomic E-state index is 0.129. The van der Waals surface area contributed by atoms with Gasteiger partial charge in [0.25, 0.3) is 0 Å². The third-order valence-corrected chi connectivity index (χ3v) is 3.21. The Kier molecular flexibility index (Phi) is 2.22. The van der Waals surface area contributed by atoms with E-state index < -0.39 is 0 Å². The van der Waals surface area contributed by atoms with E-state index in [-0.39, 0.29) is 5.41 Å². The third kappa shape index (κ3) is 1.83. The first-order chi connectivity index (χ1) is 6.89. The molecule has 0 saturated carbocycles. The van der Waals surface area contributed by atoms with E-state index in [0.717, 1.165) is 12.0 Å². The molecule has 0 amide bonds. The molecule has 0 bridgehead atoms. The average Bonchev–Trinajstić information content (AvgIpc) is 2.06. The monoisotopic (exact) mass is 202 g/mol. The predicted molar refractivity (Wildman–Crippen MR) is 62.3 cm³/mol. The number of fused-ring (bicyclic) bond motifs is 1. The lowest BCUT2D eigenvalue weighted by Crippen LogP contribution is -2.27. The van der Waals surface area contributed by atoms with E-state index in [4.69, 9.17) is 0 Å². The van der Waals surface area contributed by atoms with Gasteiger partial charge < -0.3 is 0 Å². The molecule has 15 heavy (non-hydrogen) atoms. The number of ketones is 1. The van der Waals surface area contributed by atoms with Crippen molar-refractivity contribution in [3.05, 3.63) is 34.4 Å². The Morgan fingerprint density at radius 3 is 2.47 bits per heavy atom. The second kappa shape index (κ2) is 3.19. The zero-order valence-electron chi connectivity index (χ0n) is 9.98. The van der Waals surface area contributed by atoms with Crippen LogP contribution in [0.4, 0.5) is 0 Å². The van der Waals surface area contributed by atoms with E-state index in [1.54, 1.807) is 0 Å². The molecule has 0 heterocycles. The quantitative estimate of drug-likeness (QED) is 0.629. The van der Waals surface area contributed by atoms with Gasteiger partial charge >= 0.3 is 0 Å². The maximum Gasteiger partial charge on any atom is 0.163 e. The molecule has 0 atom stereocenters. The predicted octanol–water partition coefficient (Wildman–Crippen LogP) is 3.46. The fraction of sp³-hybridized carbons (Fsp3) is 0.500. The standard InChI is InChI=1S/C14H18O/c1-9-5-10(2)12-7-14(3,4)8-13(15)11(12)6-9/h5-6H,7-8H2,1-4H3. The van der Waals surface area contributed by atoms with Crippen LogP contribution in [-0.2, 0) is 6.42 Å². The summed E-state index contributed by atoms with van der Waals surface area (Å²) in [7, 11) is 0. The Hall–Kier alpha value is -1.11. The first kappa shape index (κ1) is 10.4. The van der Waals surface area contributed by atoms with Crippen molar-refractivity contribution in [2.75, 3.05) is 0 Å². The fourth-order valence-corrected chi connectivity index (χ4v) is 2.55. The van der Waals surface area contributed by atoms with Crippen LogP contribution in [0.15, 0.2) is 12.1 Å². The number of carbonyl (C=O) groups excluding carboxylic acids is 1. The second-order valence-corrected chi connectivity index (χ2v) is 5.55. The fourth-order valence-electron chi connectivity index (χ4n) is 2.55. The molecule has 0 N–H and O–H groups in total. The van der Waals surface area contributed by atoms with E-state index in [1.165, 1.54) is 16.7 Å². The number of carbonyl (C=O) groups is 1. The lowest BCUT2D eigenvalue weighted by Gasteiger charge is -2.31. The SMILES string of the molecule is Cc1cc(C)c2c(c1)C(=O)CC(C)(C)C2. The molecule has 0 fully saturated rings. The molecular weight excluding hydrogens is 184 g/mol. The van der Waals surface area contributed by atoms with Gasteiger partial charge in [-0.05, 0) is 42.9 Å². The maximum atomic E-state index is 12.0. The van der Waals surface area contributed by atoms with Crippen LogP contribution in [0.1, 0.15) is 47.3 Å². The Balaban J connectivity index is 2.60. The largest absolute Gasteiger partial charge is 0.294 e. The van der Waals surface area contributed by atoms with Gasteiger partial charge in [-0.25, -0.2) is 0 Å². The Bertz CT molecular complexity index is 427. The number of hydrogen-bond acceptors (Lipinski definition) is 1. The molecular formula is C14H18O. The van der Waals surface area contributed by atoms with E-state index in [1.807, 2.05) is 6.07 Å². The first-order valence-corrected chi connectivity index (χ1v) is 5.52. The van der Waals surface area contributed by atoms with Gasteiger partial charge in [0.05, 0.1) is 0 Å². The average molecular weight is 202 g/mol. The summed E-state index contributed by atoms with van der Waals surface area (Å²) in [5, 5.41) is 0. The zero-order chi connectivity index (χ0) is 11.2. The number of benzene rings is 1. The van der Waals surface area contributed by atoms with Crippen molar-refractivity contribution >= 4 is 5.78 Å². The van der Waals surface area contributed by atoms with Gasteiger partial charge in [-0.2, -0.15) is 0 Å². The molecule has 1 heteroatoms. The summed E-state index contributed by atoms with van der Waals surface area (Å²) in [5.41, 5.74) is 4.82. The molecule has 1 nitrogen and oxygen atoms in total. The highest BCUT2D eigenvalue weighted by molar-refractivity contribution is 5.99. The van der Waals surface area contributed by atoms with E-state index in [0.29, 0.717) is 12.2 Å². The summed E-state index contributed by atoms with van der Waals surface area (Å²) < 4.78 is 0. The number of rotatable bonds is 0. The zero-order valence-corrected chi connectivity index (χ0v) is 9.98.